The summed E-state index contributed by atoms with van der Waals surface area (Å²) in [6, 6.07) is 4.34. The topological polar surface area (TPSA) is 83.5 Å². The lowest BCUT2D eigenvalue weighted by Crippen LogP contribution is -2.32. The summed E-state index contributed by atoms with van der Waals surface area (Å²) in [6.45, 7) is 0. The fourth-order valence-corrected chi connectivity index (χ4v) is 3.36. The van der Waals surface area contributed by atoms with Crippen molar-refractivity contribution in [2.75, 3.05) is 0 Å². The smallest absolute Gasteiger partial charge is 0.305 e. The standard InChI is InChI=1S/C12H14FNO4S/c13-9-3-1-2-8(6-9)11(7-12(15)16)14-19(17,18)10-4-5-10/h1-3,6,10-11,14H,4-5,7H2,(H,15,16). The molecule has 0 aliphatic heterocycles. The number of aliphatic carboxylic acids is 1. The Bertz CT molecular complexity index is 583. The minimum Gasteiger partial charge on any atom is -0.481 e. The molecule has 1 unspecified atom stereocenters. The Morgan fingerprint density at radius 3 is 2.68 bits per heavy atom. The van der Waals surface area contributed by atoms with Gasteiger partial charge in [0.1, 0.15) is 5.82 Å². The van der Waals surface area contributed by atoms with Crippen molar-refractivity contribution in [3.63, 3.8) is 0 Å². The molecule has 1 fully saturated rings. The van der Waals surface area contributed by atoms with Gasteiger partial charge in [0, 0.05) is 0 Å². The number of hydrogen-bond donors (Lipinski definition) is 2. The van der Waals surface area contributed by atoms with Gasteiger partial charge in [-0.25, -0.2) is 17.5 Å². The predicted molar refractivity (Wildman–Crippen MR) is 66.5 cm³/mol. The summed E-state index contributed by atoms with van der Waals surface area (Å²) in [6.07, 6.45) is 0.742. The molecule has 1 saturated carbocycles. The fraction of sp³-hybridized carbons (Fsp3) is 0.417. The summed E-state index contributed by atoms with van der Waals surface area (Å²) in [7, 11) is -3.53. The minimum absolute atomic E-state index is 0.312. The second-order valence-corrected chi connectivity index (χ2v) is 6.56. The first-order valence-corrected chi connectivity index (χ1v) is 7.41. The van der Waals surface area contributed by atoms with Crippen LogP contribution in [0, 0.1) is 5.82 Å². The molecule has 0 saturated heterocycles. The quantitative estimate of drug-likeness (QED) is 0.829. The molecule has 1 aliphatic carbocycles. The van der Waals surface area contributed by atoms with Crippen LogP contribution in [0.15, 0.2) is 24.3 Å². The number of carboxylic acids is 1. The molecule has 104 valence electrons. The van der Waals surface area contributed by atoms with Crippen molar-refractivity contribution in [3.05, 3.63) is 35.6 Å². The third-order valence-electron chi connectivity index (χ3n) is 2.90. The maximum Gasteiger partial charge on any atom is 0.305 e. The van der Waals surface area contributed by atoms with Crippen molar-refractivity contribution in [2.24, 2.45) is 0 Å². The van der Waals surface area contributed by atoms with Crippen LogP contribution in [0.25, 0.3) is 0 Å². The second-order valence-electron chi connectivity index (χ2n) is 4.57. The number of sulfonamides is 1. The maximum absolute atomic E-state index is 13.1. The zero-order chi connectivity index (χ0) is 14.0. The molecule has 7 heteroatoms. The number of carboxylic acid groups (broad SMARTS) is 1. The largest absolute Gasteiger partial charge is 0.481 e. The van der Waals surface area contributed by atoms with Crippen molar-refractivity contribution < 1.29 is 22.7 Å². The van der Waals surface area contributed by atoms with Crippen molar-refractivity contribution in [3.8, 4) is 0 Å². The number of benzene rings is 1. The van der Waals surface area contributed by atoms with E-state index in [0.29, 0.717) is 18.4 Å². The van der Waals surface area contributed by atoms with Gasteiger partial charge in [0.2, 0.25) is 10.0 Å². The third kappa shape index (κ3) is 3.74. The van der Waals surface area contributed by atoms with Gasteiger partial charge >= 0.3 is 5.97 Å². The molecule has 0 amide bonds. The molecular formula is C12H14FNO4S. The van der Waals surface area contributed by atoms with Crippen LogP contribution in [-0.4, -0.2) is 24.7 Å². The second kappa shape index (κ2) is 5.26. The van der Waals surface area contributed by atoms with E-state index in [4.69, 9.17) is 5.11 Å². The van der Waals surface area contributed by atoms with Crippen LogP contribution in [0.4, 0.5) is 4.39 Å². The molecular weight excluding hydrogens is 273 g/mol. The lowest BCUT2D eigenvalue weighted by Gasteiger charge is -2.17. The zero-order valence-electron chi connectivity index (χ0n) is 10.0. The van der Waals surface area contributed by atoms with Gasteiger partial charge in [0.05, 0.1) is 17.7 Å². The van der Waals surface area contributed by atoms with Crippen LogP contribution < -0.4 is 4.72 Å². The molecule has 1 aromatic rings. The Balaban J connectivity index is 2.23. The van der Waals surface area contributed by atoms with E-state index in [2.05, 4.69) is 4.72 Å². The average Bonchev–Trinajstić information content (AvgIpc) is 3.11. The SMILES string of the molecule is O=C(O)CC(NS(=O)(=O)C1CC1)c1cccc(F)c1. The van der Waals surface area contributed by atoms with Crippen LogP contribution >= 0.6 is 0 Å². The lowest BCUT2D eigenvalue weighted by molar-refractivity contribution is -0.137. The van der Waals surface area contributed by atoms with Gasteiger partial charge in [-0.2, -0.15) is 0 Å². The molecule has 0 bridgehead atoms. The van der Waals surface area contributed by atoms with Gasteiger partial charge in [-0.1, -0.05) is 12.1 Å². The van der Waals surface area contributed by atoms with Gasteiger partial charge in [-0.15, -0.1) is 0 Å². The normalized spacial score (nSPS) is 17.1. The molecule has 1 aromatic carbocycles. The highest BCUT2D eigenvalue weighted by molar-refractivity contribution is 7.90. The number of nitrogens with one attached hydrogen (secondary N) is 1. The molecule has 0 spiro atoms. The Kier molecular flexibility index (Phi) is 3.86. The Labute approximate surface area is 110 Å². The van der Waals surface area contributed by atoms with Gasteiger partial charge in [0.15, 0.2) is 0 Å². The van der Waals surface area contributed by atoms with Crippen molar-refractivity contribution in [1.29, 1.82) is 0 Å². The van der Waals surface area contributed by atoms with Gasteiger partial charge in [0.25, 0.3) is 0 Å². The molecule has 0 radical (unpaired) electrons. The maximum atomic E-state index is 13.1. The first-order valence-electron chi connectivity index (χ1n) is 5.87. The van der Waals surface area contributed by atoms with E-state index in [-0.39, 0.29) is 0 Å². The molecule has 5 nitrogen and oxygen atoms in total. The van der Waals surface area contributed by atoms with Crippen LogP contribution in [0.3, 0.4) is 0 Å². The highest BCUT2D eigenvalue weighted by Gasteiger charge is 2.37. The van der Waals surface area contributed by atoms with E-state index in [9.17, 15) is 17.6 Å². The molecule has 1 atom stereocenters. The first kappa shape index (κ1) is 14.0. The molecule has 1 aliphatic rings. The van der Waals surface area contributed by atoms with E-state index >= 15 is 0 Å². The molecule has 0 heterocycles. The average molecular weight is 287 g/mol. The third-order valence-corrected chi connectivity index (χ3v) is 4.86. The van der Waals surface area contributed by atoms with Crippen molar-refractivity contribution in [2.45, 2.75) is 30.6 Å². The Morgan fingerprint density at radius 2 is 2.16 bits per heavy atom. The summed E-state index contributed by atoms with van der Waals surface area (Å²) in [5.41, 5.74) is 0.312. The van der Waals surface area contributed by atoms with E-state index in [1.54, 1.807) is 0 Å². The lowest BCUT2D eigenvalue weighted by atomic mass is 10.1. The van der Waals surface area contributed by atoms with E-state index in [1.807, 2.05) is 0 Å². The van der Waals surface area contributed by atoms with Crippen molar-refractivity contribution >= 4 is 16.0 Å². The Hall–Kier alpha value is -1.47. The summed E-state index contributed by atoms with van der Waals surface area (Å²) < 4.78 is 39.2. The number of halogens is 1. The highest BCUT2D eigenvalue weighted by Crippen LogP contribution is 2.30. The molecule has 2 N–H and O–H groups in total. The summed E-state index contributed by atoms with van der Waals surface area (Å²) in [4.78, 5) is 10.8. The minimum atomic E-state index is -3.53. The fourth-order valence-electron chi connectivity index (χ4n) is 1.80. The van der Waals surface area contributed by atoms with E-state index in [1.165, 1.54) is 18.2 Å². The molecule has 0 aromatic heterocycles. The first-order chi connectivity index (χ1) is 8.88. The monoisotopic (exact) mass is 287 g/mol. The highest BCUT2D eigenvalue weighted by atomic mass is 32.2. The molecule has 2 rings (SSSR count). The van der Waals surface area contributed by atoms with Crippen molar-refractivity contribution in [1.82, 2.24) is 4.72 Å². The van der Waals surface area contributed by atoms with Crippen LogP contribution in [0.1, 0.15) is 30.9 Å². The van der Waals surface area contributed by atoms with Gasteiger partial charge in [-0.3, -0.25) is 4.79 Å². The van der Waals surface area contributed by atoms with E-state index < -0.39 is 39.5 Å². The summed E-state index contributed by atoms with van der Waals surface area (Å²) in [5, 5.41) is 8.39. The van der Waals surface area contributed by atoms with Crippen LogP contribution in [-0.2, 0) is 14.8 Å². The van der Waals surface area contributed by atoms with Crippen LogP contribution in [0.2, 0.25) is 0 Å². The molecule has 19 heavy (non-hydrogen) atoms. The number of rotatable bonds is 6. The number of carbonyl (C=O) groups is 1. The van der Waals surface area contributed by atoms with Gasteiger partial charge in [-0.05, 0) is 30.5 Å². The summed E-state index contributed by atoms with van der Waals surface area (Å²) in [5.74, 6) is -1.67. The van der Waals surface area contributed by atoms with E-state index in [0.717, 1.165) is 6.07 Å². The summed E-state index contributed by atoms with van der Waals surface area (Å²) >= 11 is 0. The zero-order valence-corrected chi connectivity index (χ0v) is 10.9. The number of hydrogen-bond acceptors (Lipinski definition) is 3. The predicted octanol–water partition coefficient (Wildman–Crippen LogP) is 1.42. The Morgan fingerprint density at radius 1 is 1.47 bits per heavy atom. The van der Waals surface area contributed by atoms with Gasteiger partial charge < -0.3 is 5.11 Å². The van der Waals surface area contributed by atoms with Crippen LogP contribution in [0.5, 0.6) is 0 Å².